The molecule has 4 aromatic heterocycles. The topological polar surface area (TPSA) is 48.5 Å². The van der Waals surface area contributed by atoms with Crippen LogP contribution in [0.25, 0.3) is 109 Å². The van der Waals surface area contributed by atoms with E-state index in [9.17, 15) is 0 Å². The minimum Gasteiger partial charge on any atom is -0.309 e. The van der Waals surface area contributed by atoms with Crippen molar-refractivity contribution < 1.29 is 0 Å². The Labute approximate surface area is 331 Å². The van der Waals surface area contributed by atoms with Crippen molar-refractivity contribution in [3.8, 4) is 45.5 Å². The summed E-state index contributed by atoms with van der Waals surface area (Å²) in [4.78, 5) is 15.9. The quantitative estimate of drug-likeness (QED) is 0.176. The molecule has 0 aliphatic carbocycles. The average molecular weight is 746 g/mol. The van der Waals surface area contributed by atoms with E-state index in [1.54, 1.807) is 11.3 Å². The van der Waals surface area contributed by atoms with Gasteiger partial charge in [-0.2, -0.15) is 9.97 Å². The number of hydrogen-bond donors (Lipinski definition) is 0. The zero-order valence-electron chi connectivity index (χ0n) is 30.5. The van der Waals surface area contributed by atoms with E-state index in [2.05, 4.69) is 179 Å². The number of thiophene rings is 1. The zero-order chi connectivity index (χ0) is 37.5. The van der Waals surface area contributed by atoms with E-state index in [-0.39, 0.29) is 0 Å². The van der Waals surface area contributed by atoms with Crippen molar-refractivity contribution in [3.05, 3.63) is 188 Å². The Morgan fingerprint density at radius 3 is 1.67 bits per heavy atom. The summed E-state index contributed by atoms with van der Waals surface area (Å²) in [5.74, 6) is 1.86. The smallest absolute Gasteiger partial charge is 0.238 e. The molecule has 0 atom stereocenters. The number of rotatable bonds is 5. The number of hydrogen-bond acceptors (Lipinski definition) is 4. The van der Waals surface area contributed by atoms with Gasteiger partial charge in [0.05, 0.1) is 22.1 Å². The van der Waals surface area contributed by atoms with Crippen LogP contribution in [-0.4, -0.2) is 24.1 Å². The van der Waals surface area contributed by atoms with Crippen molar-refractivity contribution in [1.82, 2.24) is 24.1 Å². The molecule has 0 aliphatic heterocycles. The average Bonchev–Trinajstić information content (AvgIpc) is 3.94. The van der Waals surface area contributed by atoms with E-state index < -0.39 is 0 Å². The molecule has 0 radical (unpaired) electrons. The lowest BCUT2D eigenvalue weighted by molar-refractivity contribution is 0.954. The second-order valence-electron chi connectivity index (χ2n) is 14.4. The zero-order valence-corrected chi connectivity index (χ0v) is 31.4. The fourth-order valence-corrected chi connectivity index (χ4v) is 9.93. The number of para-hydroxylation sites is 3. The molecule has 266 valence electrons. The summed E-state index contributed by atoms with van der Waals surface area (Å²) in [7, 11) is 0. The first kappa shape index (κ1) is 31.9. The lowest BCUT2D eigenvalue weighted by Gasteiger charge is -2.11. The third kappa shape index (κ3) is 4.91. The standard InChI is InChI=1S/C51H31N5S/c1-4-15-32(16-5-1)34-27-28-36-37-23-14-24-40(48(37)57-45(36)31-34)50-52-49(33-17-6-2-7-18-33)53-51(54-50)56-42-26-13-11-22-39(42)47-44(56)30-29-43-46(47)38-21-10-12-25-41(38)55(43)35-19-8-3-9-20-35/h1-31H. The van der Waals surface area contributed by atoms with Gasteiger partial charge in [0, 0.05) is 58.5 Å². The molecule has 0 saturated carbocycles. The van der Waals surface area contributed by atoms with Crippen LogP contribution >= 0.6 is 11.3 Å². The second-order valence-corrected chi connectivity index (χ2v) is 15.5. The molecule has 8 aromatic carbocycles. The highest BCUT2D eigenvalue weighted by Gasteiger charge is 2.23. The number of nitrogens with zero attached hydrogens (tertiary/aromatic N) is 5. The molecular formula is C51H31N5S. The van der Waals surface area contributed by atoms with Gasteiger partial charge in [0.2, 0.25) is 5.95 Å². The van der Waals surface area contributed by atoms with Crippen LogP contribution in [-0.2, 0) is 0 Å². The molecule has 0 bridgehead atoms. The van der Waals surface area contributed by atoms with Gasteiger partial charge >= 0.3 is 0 Å². The molecule has 5 nitrogen and oxygen atoms in total. The maximum absolute atomic E-state index is 5.39. The molecule has 0 unspecified atom stereocenters. The van der Waals surface area contributed by atoms with Gasteiger partial charge in [-0.05, 0) is 59.7 Å². The summed E-state index contributed by atoms with van der Waals surface area (Å²) in [5, 5.41) is 7.18. The molecule has 6 heteroatoms. The van der Waals surface area contributed by atoms with Gasteiger partial charge in [0.25, 0.3) is 0 Å². The van der Waals surface area contributed by atoms with Crippen LogP contribution in [0.1, 0.15) is 0 Å². The van der Waals surface area contributed by atoms with Crippen molar-refractivity contribution >= 4 is 75.1 Å². The van der Waals surface area contributed by atoms with E-state index in [4.69, 9.17) is 15.0 Å². The Bertz CT molecular complexity index is 3510. The van der Waals surface area contributed by atoms with Crippen molar-refractivity contribution in [3.63, 3.8) is 0 Å². The Morgan fingerprint density at radius 1 is 0.368 bits per heavy atom. The van der Waals surface area contributed by atoms with Crippen molar-refractivity contribution in [2.45, 2.75) is 0 Å². The van der Waals surface area contributed by atoms with E-state index in [0.717, 1.165) is 43.5 Å². The van der Waals surface area contributed by atoms with Gasteiger partial charge in [0.15, 0.2) is 11.6 Å². The van der Waals surface area contributed by atoms with Crippen molar-refractivity contribution in [1.29, 1.82) is 0 Å². The van der Waals surface area contributed by atoms with Gasteiger partial charge in [-0.3, -0.25) is 4.57 Å². The summed E-state index contributed by atoms with van der Waals surface area (Å²) in [6.45, 7) is 0. The van der Waals surface area contributed by atoms with Gasteiger partial charge < -0.3 is 4.57 Å². The van der Waals surface area contributed by atoms with Gasteiger partial charge in [-0.25, -0.2) is 4.98 Å². The van der Waals surface area contributed by atoms with E-state index in [0.29, 0.717) is 17.6 Å². The third-order valence-corrected chi connectivity index (χ3v) is 12.4. The highest BCUT2D eigenvalue weighted by molar-refractivity contribution is 7.26. The second kappa shape index (κ2) is 12.6. The van der Waals surface area contributed by atoms with E-state index in [1.165, 1.54) is 48.3 Å². The monoisotopic (exact) mass is 745 g/mol. The number of benzene rings is 8. The van der Waals surface area contributed by atoms with Crippen LogP contribution in [0.2, 0.25) is 0 Å². The Morgan fingerprint density at radius 2 is 0.947 bits per heavy atom. The maximum Gasteiger partial charge on any atom is 0.238 e. The lowest BCUT2D eigenvalue weighted by atomic mass is 10.0. The predicted molar refractivity (Wildman–Crippen MR) is 238 cm³/mol. The van der Waals surface area contributed by atoms with Crippen LogP contribution in [0.15, 0.2) is 188 Å². The Hall–Kier alpha value is -7.41. The molecule has 12 aromatic rings. The first-order valence-electron chi connectivity index (χ1n) is 19.1. The van der Waals surface area contributed by atoms with Gasteiger partial charge in [-0.15, -0.1) is 11.3 Å². The molecule has 0 saturated heterocycles. The SMILES string of the molecule is c1ccc(-c2ccc3c(c2)sc2c(-c4nc(-c5ccccc5)nc(-n5c6ccccc6c6c7c8ccccc8n(-c8ccccc8)c7ccc65)n4)cccc23)cc1. The summed E-state index contributed by atoms with van der Waals surface area (Å²) >= 11 is 1.80. The first-order chi connectivity index (χ1) is 28.3. The van der Waals surface area contributed by atoms with Crippen LogP contribution in [0, 0.1) is 0 Å². The molecule has 0 spiro atoms. The van der Waals surface area contributed by atoms with Crippen LogP contribution in [0.5, 0.6) is 0 Å². The molecule has 0 amide bonds. The molecule has 4 heterocycles. The normalized spacial score (nSPS) is 11.9. The van der Waals surface area contributed by atoms with Crippen LogP contribution in [0.4, 0.5) is 0 Å². The van der Waals surface area contributed by atoms with Gasteiger partial charge in [-0.1, -0.05) is 140 Å². The van der Waals surface area contributed by atoms with Crippen molar-refractivity contribution in [2.75, 3.05) is 0 Å². The fraction of sp³-hybridized carbons (Fsp3) is 0. The number of aromatic nitrogens is 5. The van der Waals surface area contributed by atoms with E-state index in [1.807, 2.05) is 18.2 Å². The first-order valence-corrected chi connectivity index (χ1v) is 19.9. The third-order valence-electron chi connectivity index (χ3n) is 11.2. The van der Waals surface area contributed by atoms with E-state index >= 15 is 0 Å². The fourth-order valence-electron chi connectivity index (χ4n) is 8.68. The van der Waals surface area contributed by atoms with Crippen molar-refractivity contribution in [2.24, 2.45) is 0 Å². The summed E-state index contributed by atoms with van der Waals surface area (Å²) in [6.07, 6.45) is 0. The van der Waals surface area contributed by atoms with Gasteiger partial charge in [0.1, 0.15) is 0 Å². The number of fused-ring (bicyclic) bond motifs is 10. The minimum absolute atomic E-state index is 0.584. The Kier molecular flexibility index (Phi) is 7.03. The van der Waals surface area contributed by atoms with Crippen LogP contribution in [0.3, 0.4) is 0 Å². The summed E-state index contributed by atoms with van der Waals surface area (Å²) < 4.78 is 7.00. The largest absolute Gasteiger partial charge is 0.309 e. The molecule has 0 N–H and O–H groups in total. The molecular weight excluding hydrogens is 715 g/mol. The summed E-state index contributed by atoms with van der Waals surface area (Å²) in [5.41, 5.74) is 9.89. The molecule has 57 heavy (non-hydrogen) atoms. The molecule has 0 fully saturated rings. The molecule has 12 rings (SSSR count). The van der Waals surface area contributed by atoms with Crippen LogP contribution < -0.4 is 0 Å². The maximum atomic E-state index is 5.39. The highest BCUT2D eigenvalue weighted by Crippen LogP contribution is 2.44. The lowest BCUT2D eigenvalue weighted by Crippen LogP contribution is -2.06. The minimum atomic E-state index is 0.584. The highest BCUT2D eigenvalue weighted by atomic mass is 32.1. The summed E-state index contributed by atoms with van der Waals surface area (Å²) in [6, 6.07) is 66.5. The Balaban J connectivity index is 1.14. The predicted octanol–water partition coefficient (Wildman–Crippen LogP) is 13.4. The molecule has 0 aliphatic rings.